The Hall–Kier alpha value is -0.420. The van der Waals surface area contributed by atoms with Crippen molar-refractivity contribution in [2.45, 2.75) is 33.1 Å². The van der Waals surface area contributed by atoms with Gasteiger partial charge in [0.1, 0.15) is 6.29 Å². The average molecular weight is 246 g/mol. The van der Waals surface area contributed by atoms with Crippen molar-refractivity contribution in [1.29, 1.82) is 0 Å². The minimum Gasteiger partial charge on any atom is -0.303 e. The van der Waals surface area contributed by atoms with E-state index in [1.54, 1.807) is 0 Å². The average Bonchev–Trinajstić information content (AvgIpc) is 2.43. The van der Waals surface area contributed by atoms with Crippen molar-refractivity contribution in [2.24, 2.45) is 22.7 Å². The summed E-state index contributed by atoms with van der Waals surface area (Å²) in [7, 11) is -3.92. The van der Waals surface area contributed by atoms with Gasteiger partial charge in [0, 0.05) is 6.42 Å². The molecule has 5 heteroatoms. The largest absolute Gasteiger partial charge is 0.303 e. The van der Waals surface area contributed by atoms with E-state index in [4.69, 9.17) is 4.55 Å². The van der Waals surface area contributed by atoms with Crippen LogP contribution in [0.3, 0.4) is 0 Å². The first-order chi connectivity index (χ1) is 7.24. The van der Waals surface area contributed by atoms with Crippen molar-refractivity contribution in [2.75, 3.05) is 5.75 Å². The Kier molecular flexibility index (Phi) is 2.48. The lowest BCUT2D eigenvalue weighted by molar-refractivity contribution is -0.108. The van der Waals surface area contributed by atoms with Crippen LogP contribution in [0.2, 0.25) is 0 Å². The second-order valence-electron chi connectivity index (χ2n) is 5.78. The lowest BCUT2D eigenvalue weighted by atomic mass is 9.88. The van der Waals surface area contributed by atoms with Crippen molar-refractivity contribution in [1.82, 2.24) is 0 Å². The van der Waals surface area contributed by atoms with Crippen molar-refractivity contribution < 1.29 is 17.8 Å². The third-order valence-electron chi connectivity index (χ3n) is 4.84. The molecule has 3 atom stereocenters. The van der Waals surface area contributed by atoms with Crippen LogP contribution in [0.15, 0.2) is 0 Å². The summed E-state index contributed by atoms with van der Waals surface area (Å²) in [5.74, 6) is 0.425. The van der Waals surface area contributed by atoms with Crippen LogP contribution in [0.1, 0.15) is 33.1 Å². The van der Waals surface area contributed by atoms with Crippen LogP contribution >= 0.6 is 0 Å². The highest BCUT2D eigenvalue weighted by atomic mass is 32.2. The number of fused-ring (bicyclic) bond motifs is 1. The van der Waals surface area contributed by atoms with Crippen molar-refractivity contribution >= 4 is 16.4 Å². The second kappa shape index (κ2) is 3.29. The normalized spacial score (nSPS) is 40.4. The van der Waals surface area contributed by atoms with Gasteiger partial charge in [0.05, 0.1) is 5.75 Å². The lowest BCUT2D eigenvalue weighted by Gasteiger charge is -2.18. The molecule has 2 rings (SSSR count). The minimum atomic E-state index is -3.92. The Morgan fingerprint density at radius 1 is 1.44 bits per heavy atom. The van der Waals surface area contributed by atoms with Crippen LogP contribution in [-0.2, 0) is 14.9 Å². The van der Waals surface area contributed by atoms with Gasteiger partial charge >= 0.3 is 0 Å². The molecule has 0 bridgehead atoms. The molecule has 0 heterocycles. The van der Waals surface area contributed by atoms with Gasteiger partial charge in [0.25, 0.3) is 10.1 Å². The van der Waals surface area contributed by atoms with Gasteiger partial charge in [-0.25, -0.2) is 0 Å². The first-order valence-electron chi connectivity index (χ1n) is 5.63. The van der Waals surface area contributed by atoms with E-state index in [0.717, 1.165) is 19.1 Å². The van der Waals surface area contributed by atoms with Gasteiger partial charge in [0.2, 0.25) is 0 Å². The van der Waals surface area contributed by atoms with Crippen LogP contribution in [0.25, 0.3) is 0 Å². The molecule has 2 saturated carbocycles. The van der Waals surface area contributed by atoms with E-state index < -0.39 is 10.1 Å². The maximum absolute atomic E-state index is 11.1. The van der Waals surface area contributed by atoms with Gasteiger partial charge in [-0.15, -0.1) is 0 Å². The van der Waals surface area contributed by atoms with E-state index in [2.05, 4.69) is 0 Å². The highest BCUT2D eigenvalue weighted by molar-refractivity contribution is 7.85. The standard InChI is InChI=1S/C11H18O4S/c1-10(2)9-8(4-6-12)3-5-11(9,10)7-16(13,14)15/h6,8-9H,3-5,7H2,1-2H3,(H,13,14,15)/t8?,9?,11-/m1/s1. The third-order valence-corrected chi connectivity index (χ3v) is 5.72. The maximum Gasteiger partial charge on any atom is 0.265 e. The van der Waals surface area contributed by atoms with Crippen LogP contribution in [0, 0.1) is 22.7 Å². The monoisotopic (exact) mass is 246 g/mol. The molecule has 2 aliphatic carbocycles. The Morgan fingerprint density at radius 2 is 2.06 bits per heavy atom. The molecule has 0 aromatic carbocycles. The van der Waals surface area contributed by atoms with Crippen LogP contribution < -0.4 is 0 Å². The summed E-state index contributed by atoms with van der Waals surface area (Å²) in [6.45, 7) is 4.08. The van der Waals surface area contributed by atoms with E-state index >= 15 is 0 Å². The van der Waals surface area contributed by atoms with Gasteiger partial charge < -0.3 is 4.79 Å². The number of aldehydes is 1. The highest BCUT2D eigenvalue weighted by Crippen LogP contribution is 2.78. The minimum absolute atomic E-state index is 0.0608. The summed E-state index contributed by atoms with van der Waals surface area (Å²) in [6, 6.07) is 0. The molecule has 2 fully saturated rings. The Labute approximate surface area is 96.2 Å². The zero-order chi connectivity index (χ0) is 12.2. The van der Waals surface area contributed by atoms with Gasteiger partial charge in [-0.05, 0) is 35.5 Å². The molecular weight excluding hydrogens is 228 g/mol. The van der Waals surface area contributed by atoms with E-state index in [1.807, 2.05) is 13.8 Å². The van der Waals surface area contributed by atoms with Crippen molar-refractivity contribution in [3.8, 4) is 0 Å². The molecule has 2 aliphatic rings. The molecule has 0 spiro atoms. The predicted molar refractivity (Wildman–Crippen MR) is 59.5 cm³/mol. The molecule has 92 valence electrons. The van der Waals surface area contributed by atoms with E-state index in [-0.39, 0.29) is 22.5 Å². The number of carbonyl (C=O) groups is 1. The fourth-order valence-electron chi connectivity index (χ4n) is 4.17. The molecule has 16 heavy (non-hydrogen) atoms. The molecule has 0 aromatic rings. The Bertz CT molecular complexity index is 412. The fourth-order valence-corrected chi connectivity index (χ4v) is 5.51. The first-order valence-corrected chi connectivity index (χ1v) is 7.24. The number of rotatable bonds is 4. The van der Waals surface area contributed by atoms with Crippen molar-refractivity contribution in [3.05, 3.63) is 0 Å². The number of carbonyl (C=O) groups excluding carboxylic acids is 1. The molecular formula is C11H18O4S. The molecule has 4 nitrogen and oxygen atoms in total. The maximum atomic E-state index is 11.1. The summed E-state index contributed by atoms with van der Waals surface area (Å²) >= 11 is 0. The number of hydrogen-bond donors (Lipinski definition) is 1. The summed E-state index contributed by atoms with van der Waals surface area (Å²) in [5.41, 5.74) is -0.344. The molecule has 1 N–H and O–H groups in total. The predicted octanol–water partition coefficient (Wildman–Crippen LogP) is 1.52. The van der Waals surface area contributed by atoms with E-state index in [0.29, 0.717) is 12.3 Å². The molecule has 0 radical (unpaired) electrons. The fraction of sp³-hybridized carbons (Fsp3) is 0.909. The Balaban J connectivity index is 2.21. The van der Waals surface area contributed by atoms with Crippen LogP contribution in [0.5, 0.6) is 0 Å². The van der Waals surface area contributed by atoms with Gasteiger partial charge in [-0.3, -0.25) is 4.55 Å². The van der Waals surface area contributed by atoms with Crippen LogP contribution in [0.4, 0.5) is 0 Å². The first kappa shape index (κ1) is 12.0. The topological polar surface area (TPSA) is 71.4 Å². The van der Waals surface area contributed by atoms with Gasteiger partial charge in [-0.1, -0.05) is 13.8 Å². The molecule has 0 aromatic heterocycles. The molecule has 2 unspecified atom stereocenters. The lowest BCUT2D eigenvalue weighted by Crippen LogP contribution is -2.20. The zero-order valence-electron chi connectivity index (χ0n) is 9.64. The molecule has 0 saturated heterocycles. The molecule has 0 amide bonds. The quantitative estimate of drug-likeness (QED) is 0.603. The summed E-state index contributed by atoms with van der Waals surface area (Å²) in [4.78, 5) is 10.6. The number of hydrogen-bond acceptors (Lipinski definition) is 3. The summed E-state index contributed by atoms with van der Waals surface area (Å²) < 4.78 is 31.1. The second-order valence-corrected chi connectivity index (χ2v) is 7.24. The smallest absolute Gasteiger partial charge is 0.265 e. The van der Waals surface area contributed by atoms with E-state index in [9.17, 15) is 13.2 Å². The Morgan fingerprint density at radius 3 is 2.50 bits per heavy atom. The highest BCUT2D eigenvalue weighted by Gasteiger charge is 2.75. The van der Waals surface area contributed by atoms with E-state index in [1.165, 1.54) is 0 Å². The van der Waals surface area contributed by atoms with Crippen LogP contribution in [-0.4, -0.2) is 25.0 Å². The van der Waals surface area contributed by atoms with Gasteiger partial charge in [0.15, 0.2) is 0 Å². The van der Waals surface area contributed by atoms with Gasteiger partial charge in [-0.2, -0.15) is 8.42 Å². The zero-order valence-corrected chi connectivity index (χ0v) is 10.5. The SMILES string of the molecule is CC1(C)C2C(CC=O)CC[C@@]21CS(=O)(=O)O. The third kappa shape index (κ3) is 1.52. The molecule has 0 aliphatic heterocycles. The summed E-state index contributed by atoms with van der Waals surface area (Å²) in [6.07, 6.45) is 3.15. The van der Waals surface area contributed by atoms with Crippen molar-refractivity contribution in [3.63, 3.8) is 0 Å². The summed E-state index contributed by atoms with van der Waals surface area (Å²) in [5, 5.41) is 0.